The first-order valence-electron chi connectivity index (χ1n) is 7.08. The topological polar surface area (TPSA) is 67.4 Å². The molecule has 2 rings (SSSR count). The van der Waals surface area contributed by atoms with Gasteiger partial charge in [0.25, 0.3) is 0 Å². The van der Waals surface area contributed by atoms with Gasteiger partial charge in [0.15, 0.2) is 0 Å². The van der Waals surface area contributed by atoms with Crippen LogP contribution in [-0.4, -0.2) is 34.2 Å². The van der Waals surface area contributed by atoms with Crippen LogP contribution in [0.15, 0.2) is 29.2 Å². The van der Waals surface area contributed by atoms with Crippen LogP contribution in [0.5, 0.6) is 5.75 Å². The van der Waals surface area contributed by atoms with Crippen molar-refractivity contribution in [3.05, 3.63) is 24.3 Å². The van der Waals surface area contributed by atoms with Crippen molar-refractivity contribution in [2.45, 2.75) is 37.1 Å². The number of piperidine rings is 1. The van der Waals surface area contributed by atoms with Gasteiger partial charge in [-0.05, 0) is 56.6 Å². The van der Waals surface area contributed by atoms with E-state index in [-0.39, 0.29) is 6.04 Å². The number of rotatable bonds is 6. The lowest BCUT2D eigenvalue weighted by Gasteiger charge is -2.23. The Morgan fingerprint density at radius 3 is 2.50 bits per heavy atom. The number of ether oxygens (including phenoxy) is 1. The summed E-state index contributed by atoms with van der Waals surface area (Å²) < 4.78 is 32.7. The summed E-state index contributed by atoms with van der Waals surface area (Å²) in [5.41, 5.74) is 0. The number of benzene rings is 1. The smallest absolute Gasteiger partial charge is 0.240 e. The van der Waals surface area contributed by atoms with Crippen LogP contribution in [-0.2, 0) is 10.0 Å². The van der Waals surface area contributed by atoms with E-state index in [1.165, 1.54) is 0 Å². The van der Waals surface area contributed by atoms with Crippen LogP contribution >= 0.6 is 0 Å². The Morgan fingerprint density at radius 2 is 1.90 bits per heavy atom. The van der Waals surface area contributed by atoms with Crippen molar-refractivity contribution >= 4 is 10.0 Å². The summed E-state index contributed by atoms with van der Waals surface area (Å²) in [7, 11) is -3.43. The molecular formula is C14H22N2O3S. The van der Waals surface area contributed by atoms with Crippen molar-refractivity contribution in [3.63, 3.8) is 0 Å². The van der Waals surface area contributed by atoms with E-state index in [2.05, 4.69) is 10.0 Å². The summed E-state index contributed by atoms with van der Waals surface area (Å²) in [5.74, 6) is 0.702. The van der Waals surface area contributed by atoms with Gasteiger partial charge in [-0.3, -0.25) is 0 Å². The first kappa shape index (κ1) is 15.3. The molecule has 0 bridgehead atoms. The van der Waals surface area contributed by atoms with Crippen molar-refractivity contribution in [2.24, 2.45) is 0 Å². The minimum atomic E-state index is -3.43. The molecule has 0 amide bonds. The van der Waals surface area contributed by atoms with E-state index >= 15 is 0 Å². The Balaban J connectivity index is 2.01. The zero-order valence-electron chi connectivity index (χ0n) is 11.8. The van der Waals surface area contributed by atoms with E-state index in [1.807, 2.05) is 6.92 Å². The average Bonchev–Trinajstić information content (AvgIpc) is 2.46. The highest BCUT2D eigenvalue weighted by molar-refractivity contribution is 7.89. The average molecular weight is 298 g/mol. The minimum absolute atomic E-state index is 0.0252. The molecule has 1 fully saturated rings. The predicted octanol–water partition coefficient (Wildman–Crippen LogP) is 1.51. The third-order valence-electron chi connectivity index (χ3n) is 3.27. The van der Waals surface area contributed by atoms with Gasteiger partial charge in [-0.1, -0.05) is 6.92 Å². The number of hydrogen-bond donors (Lipinski definition) is 2. The van der Waals surface area contributed by atoms with Crippen molar-refractivity contribution in [3.8, 4) is 5.75 Å². The Labute approximate surface area is 120 Å². The SMILES string of the molecule is CCCOc1ccc(S(=O)(=O)NC2CCNCC2)cc1. The monoisotopic (exact) mass is 298 g/mol. The van der Waals surface area contributed by atoms with Crippen molar-refractivity contribution in [1.29, 1.82) is 0 Å². The largest absolute Gasteiger partial charge is 0.494 e. The van der Waals surface area contributed by atoms with E-state index in [9.17, 15) is 8.42 Å². The molecule has 1 aliphatic rings. The fourth-order valence-electron chi connectivity index (χ4n) is 2.16. The van der Waals surface area contributed by atoms with Crippen LogP contribution in [0, 0.1) is 0 Å². The Hall–Kier alpha value is -1.11. The molecule has 0 aliphatic carbocycles. The molecule has 6 heteroatoms. The van der Waals surface area contributed by atoms with Gasteiger partial charge >= 0.3 is 0 Å². The van der Waals surface area contributed by atoms with Gasteiger partial charge in [0.1, 0.15) is 5.75 Å². The standard InChI is InChI=1S/C14H22N2O3S/c1-2-11-19-13-3-5-14(6-4-13)20(17,18)16-12-7-9-15-10-8-12/h3-6,12,15-16H,2,7-11H2,1H3. The van der Waals surface area contributed by atoms with Gasteiger partial charge in [0.05, 0.1) is 11.5 Å². The van der Waals surface area contributed by atoms with E-state index in [1.54, 1.807) is 24.3 Å². The molecule has 1 saturated heterocycles. The highest BCUT2D eigenvalue weighted by atomic mass is 32.2. The maximum Gasteiger partial charge on any atom is 0.240 e. The second kappa shape index (κ2) is 7.06. The predicted molar refractivity (Wildman–Crippen MR) is 78.4 cm³/mol. The molecule has 20 heavy (non-hydrogen) atoms. The van der Waals surface area contributed by atoms with Gasteiger partial charge in [-0.25, -0.2) is 13.1 Å². The number of hydrogen-bond acceptors (Lipinski definition) is 4. The normalized spacial score (nSPS) is 17.1. The van der Waals surface area contributed by atoms with Gasteiger partial charge < -0.3 is 10.1 Å². The fourth-order valence-corrected chi connectivity index (χ4v) is 3.47. The van der Waals surface area contributed by atoms with Gasteiger partial charge in [-0.2, -0.15) is 0 Å². The van der Waals surface area contributed by atoms with Gasteiger partial charge in [0.2, 0.25) is 10.0 Å². The van der Waals surface area contributed by atoms with Crippen LogP contribution in [0.1, 0.15) is 26.2 Å². The van der Waals surface area contributed by atoms with Gasteiger partial charge in [-0.15, -0.1) is 0 Å². The fraction of sp³-hybridized carbons (Fsp3) is 0.571. The summed E-state index contributed by atoms with van der Waals surface area (Å²) in [6, 6.07) is 6.61. The maximum absolute atomic E-state index is 12.3. The summed E-state index contributed by atoms with van der Waals surface area (Å²) in [5, 5.41) is 3.22. The van der Waals surface area contributed by atoms with Crippen molar-refractivity contribution in [1.82, 2.24) is 10.0 Å². The maximum atomic E-state index is 12.3. The van der Waals surface area contributed by atoms with Crippen LogP contribution in [0.25, 0.3) is 0 Å². The quantitative estimate of drug-likeness (QED) is 0.835. The molecule has 0 atom stereocenters. The molecule has 1 aromatic carbocycles. The van der Waals surface area contributed by atoms with Crippen LogP contribution in [0.4, 0.5) is 0 Å². The zero-order valence-corrected chi connectivity index (χ0v) is 12.6. The van der Waals surface area contributed by atoms with E-state index in [0.29, 0.717) is 17.3 Å². The van der Waals surface area contributed by atoms with Crippen molar-refractivity contribution < 1.29 is 13.2 Å². The van der Waals surface area contributed by atoms with E-state index in [4.69, 9.17) is 4.74 Å². The number of sulfonamides is 1. The molecule has 0 spiro atoms. The van der Waals surface area contributed by atoms with Crippen LogP contribution < -0.4 is 14.8 Å². The Bertz CT molecular complexity index is 508. The lowest BCUT2D eigenvalue weighted by Crippen LogP contribution is -2.42. The summed E-state index contributed by atoms with van der Waals surface area (Å²) in [6.07, 6.45) is 2.59. The van der Waals surface area contributed by atoms with Crippen LogP contribution in [0.2, 0.25) is 0 Å². The molecule has 5 nitrogen and oxygen atoms in total. The molecular weight excluding hydrogens is 276 g/mol. The minimum Gasteiger partial charge on any atom is -0.494 e. The highest BCUT2D eigenvalue weighted by Crippen LogP contribution is 2.17. The second-order valence-corrected chi connectivity index (χ2v) is 6.68. The zero-order chi connectivity index (χ0) is 14.4. The Morgan fingerprint density at radius 1 is 1.25 bits per heavy atom. The third kappa shape index (κ3) is 4.19. The molecule has 0 aromatic heterocycles. The molecule has 1 aromatic rings. The lowest BCUT2D eigenvalue weighted by atomic mass is 10.1. The van der Waals surface area contributed by atoms with Crippen LogP contribution in [0.3, 0.4) is 0 Å². The van der Waals surface area contributed by atoms with E-state index in [0.717, 1.165) is 32.4 Å². The first-order chi connectivity index (χ1) is 9.62. The first-order valence-corrected chi connectivity index (χ1v) is 8.56. The summed E-state index contributed by atoms with van der Waals surface area (Å²) >= 11 is 0. The highest BCUT2D eigenvalue weighted by Gasteiger charge is 2.21. The summed E-state index contributed by atoms with van der Waals surface area (Å²) in [4.78, 5) is 0.292. The molecule has 1 heterocycles. The molecule has 0 saturated carbocycles. The molecule has 0 radical (unpaired) electrons. The van der Waals surface area contributed by atoms with Gasteiger partial charge in [0, 0.05) is 6.04 Å². The van der Waals surface area contributed by atoms with E-state index < -0.39 is 10.0 Å². The molecule has 112 valence electrons. The number of nitrogens with one attached hydrogen (secondary N) is 2. The molecule has 2 N–H and O–H groups in total. The lowest BCUT2D eigenvalue weighted by molar-refractivity contribution is 0.317. The second-order valence-electron chi connectivity index (χ2n) is 4.97. The molecule has 1 aliphatic heterocycles. The van der Waals surface area contributed by atoms with Crippen molar-refractivity contribution in [2.75, 3.05) is 19.7 Å². The Kier molecular flexibility index (Phi) is 5.39. The molecule has 0 unspecified atom stereocenters. The third-order valence-corrected chi connectivity index (χ3v) is 4.80. The summed E-state index contributed by atoms with van der Waals surface area (Å²) in [6.45, 7) is 4.38.